The average Bonchev–Trinajstić information content (AvgIpc) is 2.46. The van der Waals surface area contributed by atoms with Crippen LogP contribution in [0.25, 0.3) is 0 Å². The predicted molar refractivity (Wildman–Crippen MR) is 86.8 cm³/mol. The van der Waals surface area contributed by atoms with E-state index in [-0.39, 0.29) is 18.2 Å². The Hall–Kier alpha value is -1.37. The SMILES string of the molecule is CC(C)(C)OC(=O)N1C[C@H]2CC[C@@H]1CN2c1ncc(Br)cn1. The summed E-state index contributed by atoms with van der Waals surface area (Å²) in [6.45, 7) is 7.14. The van der Waals surface area contributed by atoms with Crippen LogP contribution in [0.15, 0.2) is 16.9 Å². The van der Waals surface area contributed by atoms with Crippen LogP contribution in [0.1, 0.15) is 33.6 Å². The number of rotatable bonds is 1. The van der Waals surface area contributed by atoms with Crippen molar-refractivity contribution in [1.82, 2.24) is 14.9 Å². The molecule has 0 N–H and O–H groups in total. The first kappa shape index (κ1) is 15.5. The van der Waals surface area contributed by atoms with E-state index >= 15 is 0 Å². The molecule has 3 aliphatic rings. The molecular weight excluding hydrogens is 348 g/mol. The van der Waals surface area contributed by atoms with Crippen LogP contribution < -0.4 is 4.90 Å². The van der Waals surface area contributed by atoms with E-state index in [4.69, 9.17) is 4.74 Å². The molecule has 120 valence electrons. The van der Waals surface area contributed by atoms with Crippen LogP contribution in [0, 0.1) is 0 Å². The Morgan fingerprint density at radius 2 is 1.86 bits per heavy atom. The minimum Gasteiger partial charge on any atom is -0.444 e. The standard InChI is InChI=1S/C15H21BrN4O2/c1-15(2,3)22-14(21)20-9-11-4-5-12(20)8-19(11)13-17-6-10(16)7-18-13/h6-7,11-12H,4-5,8-9H2,1-3H3/t11-,12-/m1/s1. The molecule has 1 aromatic rings. The number of fused-ring (bicyclic) bond motifs is 3. The van der Waals surface area contributed by atoms with E-state index in [1.807, 2.05) is 25.7 Å². The lowest BCUT2D eigenvalue weighted by Gasteiger charge is -2.51. The van der Waals surface area contributed by atoms with Crippen molar-refractivity contribution in [3.05, 3.63) is 16.9 Å². The summed E-state index contributed by atoms with van der Waals surface area (Å²) in [4.78, 5) is 25.2. The zero-order chi connectivity index (χ0) is 15.9. The highest BCUT2D eigenvalue weighted by Crippen LogP contribution is 2.32. The van der Waals surface area contributed by atoms with Crippen LogP contribution in [0.5, 0.6) is 0 Å². The third-order valence-corrected chi connectivity index (χ3v) is 4.43. The lowest BCUT2D eigenvalue weighted by Crippen LogP contribution is -2.64. The van der Waals surface area contributed by atoms with E-state index in [0.717, 1.165) is 29.8 Å². The topological polar surface area (TPSA) is 58.6 Å². The van der Waals surface area contributed by atoms with Crippen LogP contribution in [0.2, 0.25) is 0 Å². The molecule has 2 atom stereocenters. The van der Waals surface area contributed by atoms with Gasteiger partial charge in [0.15, 0.2) is 0 Å². The Morgan fingerprint density at radius 1 is 1.23 bits per heavy atom. The van der Waals surface area contributed by atoms with Gasteiger partial charge in [-0.15, -0.1) is 0 Å². The number of anilines is 1. The number of aromatic nitrogens is 2. The van der Waals surface area contributed by atoms with Crippen LogP contribution in [0.3, 0.4) is 0 Å². The van der Waals surface area contributed by atoms with Crippen LogP contribution in [-0.2, 0) is 4.74 Å². The van der Waals surface area contributed by atoms with Crippen LogP contribution >= 0.6 is 15.9 Å². The largest absolute Gasteiger partial charge is 0.444 e. The van der Waals surface area contributed by atoms with Crippen molar-refractivity contribution in [3.63, 3.8) is 0 Å². The number of nitrogens with zero attached hydrogens (tertiary/aromatic N) is 4. The Bertz CT molecular complexity index is 558. The van der Waals surface area contributed by atoms with Crippen molar-refractivity contribution in [1.29, 1.82) is 0 Å². The summed E-state index contributed by atoms with van der Waals surface area (Å²) in [5.74, 6) is 0.738. The zero-order valence-electron chi connectivity index (χ0n) is 13.1. The molecule has 0 saturated carbocycles. The summed E-state index contributed by atoms with van der Waals surface area (Å²) in [7, 11) is 0. The van der Waals surface area contributed by atoms with Gasteiger partial charge in [0, 0.05) is 31.5 Å². The molecule has 3 aliphatic heterocycles. The van der Waals surface area contributed by atoms with Gasteiger partial charge in [-0.05, 0) is 49.5 Å². The summed E-state index contributed by atoms with van der Waals surface area (Å²) >= 11 is 3.35. The summed E-state index contributed by atoms with van der Waals surface area (Å²) in [6, 6.07) is 0.436. The van der Waals surface area contributed by atoms with Gasteiger partial charge in [-0.3, -0.25) is 0 Å². The maximum Gasteiger partial charge on any atom is 0.410 e. The molecule has 3 fully saturated rings. The first-order chi connectivity index (χ1) is 10.3. The monoisotopic (exact) mass is 368 g/mol. The molecular formula is C15H21BrN4O2. The second-order valence-electron chi connectivity index (χ2n) is 6.87. The molecule has 0 aromatic carbocycles. The Labute approximate surface area is 139 Å². The second-order valence-corrected chi connectivity index (χ2v) is 7.79. The molecule has 0 unspecified atom stereocenters. The maximum absolute atomic E-state index is 12.3. The molecule has 2 bridgehead atoms. The quantitative estimate of drug-likeness (QED) is 0.762. The number of carbonyl (C=O) groups excluding carboxylic acids is 1. The fourth-order valence-corrected chi connectivity index (χ4v) is 3.28. The summed E-state index contributed by atoms with van der Waals surface area (Å²) < 4.78 is 6.39. The van der Waals surface area contributed by atoms with Crippen molar-refractivity contribution in [2.24, 2.45) is 0 Å². The number of carbonyl (C=O) groups is 1. The average molecular weight is 369 g/mol. The van der Waals surface area contributed by atoms with Crippen molar-refractivity contribution in [3.8, 4) is 0 Å². The van der Waals surface area contributed by atoms with Gasteiger partial charge in [0.05, 0.1) is 10.5 Å². The first-order valence-corrected chi connectivity index (χ1v) is 8.36. The normalized spacial score (nSPS) is 24.5. The van der Waals surface area contributed by atoms with Crippen molar-refractivity contribution in [2.75, 3.05) is 18.0 Å². The fraction of sp³-hybridized carbons (Fsp3) is 0.667. The van der Waals surface area contributed by atoms with Crippen molar-refractivity contribution >= 4 is 28.0 Å². The van der Waals surface area contributed by atoms with E-state index in [2.05, 4.69) is 30.8 Å². The molecule has 4 rings (SSSR count). The van der Waals surface area contributed by atoms with Crippen LogP contribution in [-0.4, -0.2) is 51.7 Å². The van der Waals surface area contributed by atoms with E-state index in [0.29, 0.717) is 6.54 Å². The van der Waals surface area contributed by atoms with E-state index in [9.17, 15) is 4.79 Å². The maximum atomic E-state index is 12.3. The molecule has 7 heteroatoms. The Kier molecular flexibility index (Phi) is 4.01. The second kappa shape index (κ2) is 5.68. The number of hydrogen-bond acceptors (Lipinski definition) is 5. The Balaban J connectivity index is 1.71. The highest BCUT2D eigenvalue weighted by Gasteiger charge is 2.43. The van der Waals surface area contributed by atoms with Gasteiger partial charge in [0.1, 0.15) is 5.60 Å². The van der Waals surface area contributed by atoms with Crippen LogP contribution in [0.4, 0.5) is 10.7 Å². The number of amides is 1. The van der Waals surface area contributed by atoms with Gasteiger partial charge in [-0.2, -0.15) is 0 Å². The molecule has 1 amide bonds. The minimum absolute atomic E-state index is 0.173. The summed E-state index contributed by atoms with van der Waals surface area (Å²) in [5.41, 5.74) is -0.456. The van der Waals surface area contributed by atoms with Gasteiger partial charge in [0.2, 0.25) is 5.95 Å². The third-order valence-electron chi connectivity index (χ3n) is 4.02. The summed E-state index contributed by atoms with van der Waals surface area (Å²) in [5, 5.41) is 0. The fourth-order valence-electron chi connectivity index (χ4n) is 3.07. The third kappa shape index (κ3) is 3.19. The smallest absolute Gasteiger partial charge is 0.410 e. The number of piperazine rings is 1. The van der Waals surface area contributed by atoms with Gasteiger partial charge in [-0.25, -0.2) is 14.8 Å². The summed E-state index contributed by atoms with van der Waals surface area (Å²) in [6.07, 6.45) is 5.38. The Morgan fingerprint density at radius 3 is 2.41 bits per heavy atom. The molecule has 0 radical (unpaired) electrons. The lowest BCUT2D eigenvalue weighted by atomic mass is 9.91. The van der Waals surface area contributed by atoms with E-state index in [1.165, 1.54) is 0 Å². The van der Waals surface area contributed by atoms with Crippen molar-refractivity contribution in [2.45, 2.75) is 51.3 Å². The molecule has 22 heavy (non-hydrogen) atoms. The molecule has 6 nitrogen and oxygen atoms in total. The number of halogens is 1. The molecule has 4 heterocycles. The van der Waals surface area contributed by atoms with Gasteiger partial charge in [0.25, 0.3) is 0 Å². The molecule has 0 spiro atoms. The van der Waals surface area contributed by atoms with E-state index < -0.39 is 5.60 Å². The molecule has 1 aromatic heterocycles. The van der Waals surface area contributed by atoms with Crippen molar-refractivity contribution < 1.29 is 9.53 Å². The molecule has 0 aliphatic carbocycles. The molecule has 3 saturated heterocycles. The predicted octanol–water partition coefficient (Wildman–Crippen LogP) is 2.83. The number of piperidine rings is 2. The lowest BCUT2D eigenvalue weighted by molar-refractivity contribution is 0.000677. The highest BCUT2D eigenvalue weighted by atomic mass is 79.9. The zero-order valence-corrected chi connectivity index (χ0v) is 14.7. The van der Waals surface area contributed by atoms with Gasteiger partial charge in [-0.1, -0.05) is 0 Å². The highest BCUT2D eigenvalue weighted by molar-refractivity contribution is 9.10. The van der Waals surface area contributed by atoms with Gasteiger partial charge >= 0.3 is 6.09 Å². The van der Waals surface area contributed by atoms with E-state index in [1.54, 1.807) is 12.4 Å². The van der Waals surface area contributed by atoms with Gasteiger partial charge < -0.3 is 14.5 Å². The minimum atomic E-state index is -0.456. The number of hydrogen-bond donors (Lipinski definition) is 0. The first-order valence-electron chi connectivity index (χ1n) is 7.57. The number of ether oxygens (including phenoxy) is 1.